The van der Waals surface area contributed by atoms with Crippen molar-refractivity contribution >= 4 is 0 Å². The van der Waals surface area contributed by atoms with Crippen molar-refractivity contribution in [3.8, 4) is 0 Å². The standard InChI is InChI=1S/C11H14F3NO2/c1-7(2)9(16)6-15-5-8(11(12,13)14)3-4-10(15)17/h3-5,7,9,16H,6H2,1-2H3. The van der Waals surface area contributed by atoms with E-state index in [0.29, 0.717) is 0 Å². The molecule has 17 heavy (non-hydrogen) atoms. The molecule has 1 rings (SSSR count). The van der Waals surface area contributed by atoms with Gasteiger partial charge in [0, 0.05) is 12.3 Å². The first kappa shape index (κ1) is 13.8. The Balaban J connectivity index is 3.04. The van der Waals surface area contributed by atoms with Crippen molar-refractivity contribution in [3.05, 3.63) is 34.2 Å². The summed E-state index contributed by atoms with van der Waals surface area (Å²) in [6.07, 6.45) is -4.61. The van der Waals surface area contributed by atoms with Crippen molar-refractivity contribution in [2.24, 2.45) is 5.92 Å². The van der Waals surface area contributed by atoms with E-state index in [-0.39, 0.29) is 12.5 Å². The first-order valence-electron chi connectivity index (χ1n) is 5.17. The molecular formula is C11H14F3NO2. The molecule has 1 heterocycles. The second kappa shape index (κ2) is 4.91. The molecule has 96 valence electrons. The highest BCUT2D eigenvalue weighted by molar-refractivity contribution is 5.13. The Kier molecular flexibility index (Phi) is 3.98. The molecule has 0 spiro atoms. The Morgan fingerprint density at radius 1 is 1.35 bits per heavy atom. The second-order valence-electron chi connectivity index (χ2n) is 4.22. The smallest absolute Gasteiger partial charge is 0.391 e. The van der Waals surface area contributed by atoms with Crippen LogP contribution in [0.3, 0.4) is 0 Å². The molecule has 0 aliphatic rings. The number of aliphatic hydroxyl groups is 1. The summed E-state index contributed by atoms with van der Waals surface area (Å²) in [7, 11) is 0. The Bertz CT molecular complexity index is 437. The highest BCUT2D eigenvalue weighted by Crippen LogP contribution is 2.28. The van der Waals surface area contributed by atoms with Gasteiger partial charge >= 0.3 is 6.18 Å². The fraction of sp³-hybridized carbons (Fsp3) is 0.545. The molecule has 0 fully saturated rings. The van der Waals surface area contributed by atoms with Gasteiger partial charge in [0.15, 0.2) is 0 Å². The molecule has 1 aromatic heterocycles. The number of alkyl halides is 3. The molecule has 0 saturated heterocycles. The van der Waals surface area contributed by atoms with Crippen LogP contribution in [0.25, 0.3) is 0 Å². The van der Waals surface area contributed by atoms with Crippen LogP contribution in [0.1, 0.15) is 19.4 Å². The van der Waals surface area contributed by atoms with Gasteiger partial charge in [-0.2, -0.15) is 13.2 Å². The first-order chi connectivity index (χ1) is 7.71. The van der Waals surface area contributed by atoms with Crippen LogP contribution in [0.15, 0.2) is 23.1 Å². The molecule has 3 nitrogen and oxygen atoms in total. The van der Waals surface area contributed by atoms with E-state index >= 15 is 0 Å². The summed E-state index contributed by atoms with van der Waals surface area (Å²) >= 11 is 0. The molecule has 0 amide bonds. The average Bonchev–Trinajstić information content (AvgIpc) is 2.19. The predicted molar refractivity (Wildman–Crippen MR) is 56.5 cm³/mol. The van der Waals surface area contributed by atoms with Crippen LogP contribution in [0.4, 0.5) is 13.2 Å². The molecule has 0 bridgehead atoms. The van der Waals surface area contributed by atoms with Gasteiger partial charge in [-0.15, -0.1) is 0 Å². The maximum atomic E-state index is 12.4. The molecule has 1 aromatic rings. The average molecular weight is 249 g/mol. The van der Waals surface area contributed by atoms with Gasteiger partial charge in [-0.25, -0.2) is 0 Å². The first-order valence-corrected chi connectivity index (χ1v) is 5.17. The summed E-state index contributed by atoms with van der Waals surface area (Å²) in [5, 5.41) is 9.56. The van der Waals surface area contributed by atoms with Crippen LogP contribution < -0.4 is 5.56 Å². The third kappa shape index (κ3) is 3.59. The summed E-state index contributed by atoms with van der Waals surface area (Å²) in [5.74, 6) is -0.128. The second-order valence-corrected chi connectivity index (χ2v) is 4.22. The van der Waals surface area contributed by atoms with Crippen molar-refractivity contribution in [1.29, 1.82) is 0 Å². The van der Waals surface area contributed by atoms with Gasteiger partial charge in [-0.05, 0) is 12.0 Å². The fourth-order valence-electron chi connectivity index (χ4n) is 1.25. The monoisotopic (exact) mass is 249 g/mol. The lowest BCUT2D eigenvalue weighted by Gasteiger charge is -2.17. The van der Waals surface area contributed by atoms with E-state index in [1.807, 2.05) is 0 Å². The number of nitrogens with zero attached hydrogens (tertiary/aromatic N) is 1. The van der Waals surface area contributed by atoms with Crippen molar-refractivity contribution in [2.75, 3.05) is 0 Å². The van der Waals surface area contributed by atoms with Crippen molar-refractivity contribution < 1.29 is 18.3 Å². The number of hydrogen-bond acceptors (Lipinski definition) is 2. The van der Waals surface area contributed by atoms with Crippen LogP contribution in [0.2, 0.25) is 0 Å². The largest absolute Gasteiger partial charge is 0.417 e. The quantitative estimate of drug-likeness (QED) is 0.888. The zero-order valence-electron chi connectivity index (χ0n) is 9.53. The minimum Gasteiger partial charge on any atom is -0.391 e. The number of aromatic nitrogens is 1. The van der Waals surface area contributed by atoms with Crippen LogP contribution in [0.5, 0.6) is 0 Å². The predicted octanol–water partition coefficient (Wildman–Crippen LogP) is 1.88. The minimum absolute atomic E-state index is 0.128. The molecule has 1 atom stereocenters. The van der Waals surface area contributed by atoms with Crippen LogP contribution in [-0.4, -0.2) is 15.8 Å². The van der Waals surface area contributed by atoms with Crippen LogP contribution >= 0.6 is 0 Å². The van der Waals surface area contributed by atoms with E-state index in [1.165, 1.54) is 0 Å². The Labute approximate surface area is 96.5 Å². The molecule has 0 aliphatic carbocycles. The summed E-state index contributed by atoms with van der Waals surface area (Å²) in [5.41, 5.74) is -1.45. The van der Waals surface area contributed by atoms with E-state index < -0.39 is 23.4 Å². The van der Waals surface area contributed by atoms with E-state index in [4.69, 9.17) is 0 Å². The molecule has 0 aromatic carbocycles. The zero-order chi connectivity index (χ0) is 13.2. The van der Waals surface area contributed by atoms with E-state index in [0.717, 1.165) is 22.9 Å². The van der Waals surface area contributed by atoms with Gasteiger partial charge in [0.25, 0.3) is 5.56 Å². The maximum Gasteiger partial charge on any atom is 0.417 e. The molecular weight excluding hydrogens is 235 g/mol. The minimum atomic E-state index is -4.49. The number of pyridine rings is 1. The molecule has 0 radical (unpaired) electrons. The van der Waals surface area contributed by atoms with Gasteiger partial charge in [0.2, 0.25) is 0 Å². The lowest BCUT2D eigenvalue weighted by molar-refractivity contribution is -0.138. The highest BCUT2D eigenvalue weighted by Gasteiger charge is 2.31. The highest BCUT2D eigenvalue weighted by atomic mass is 19.4. The molecule has 0 aliphatic heterocycles. The third-order valence-corrected chi connectivity index (χ3v) is 2.46. The van der Waals surface area contributed by atoms with Crippen molar-refractivity contribution in [1.82, 2.24) is 4.57 Å². The lowest BCUT2D eigenvalue weighted by atomic mass is 10.1. The lowest BCUT2D eigenvalue weighted by Crippen LogP contribution is -2.29. The van der Waals surface area contributed by atoms with Crippen LogP contribution in [0, 0.1) is 5.92 Å². The number of hydrogen-bond donors (Lipinski definition) is 1. The van der Waals surface area contributed by atoms with Crippen molar-refractivity contribution in [3.63, 3.8) is 0 Å². The molecule has 1 unspecified atom stereocenters. The van der Waals surface area contributed by atoms with Gasteiger partial charge in [-0.1, -0.05) is 13.8 Å². The van der Waals surface area contributed by atoms with Gasteiger partial charge in [0.1, 0.15) is 0 Å². The van der Waals surface area contributed by atoms with E-state index in [1.54, 1.807) is 13.8 Å². The van der Waals surface area contributed by atoms with Gasteiger partial charge in [0.05, 0.1) is 18.2 Å². The molecule has 6 heteroatoms. The van der Waals surface area contributed by atoms with Crippen LogP contribution in [-0.2, 0) is 12.7 Å². The zero-order valence-corrected chi connectivity index (χ0v) is 9.53. The summed E-state index contributed by atoms with van der Waals surface area (Å²) in [4.78, 5) is 11.3. The SMILES string of the molecule is CC(C)C(O)Cn1cc(C(F)(F)F)ccc1=O. The number of aliphatic hydroxyl groups excluding tert-OH is 1. The Hall–Kier alpha value is -1.30. The summed E-state index contributed by atoms with van der Waals surface area (Å²) in [6, 6.07) is 1.59. The third-order valence-electron chi connectivity index (χ3n) is 2.46. The Morgan fingerprint density at radius 2 is 1.94 bits per heavy atom. The topological polar surface area (TPSA) is 42.2 Å². The van der Waals surface area contributed by atoms with Gasteiger partial charge in [-0.3, -0.25) is 4.79 Å². The maximum absolute atomic E-state index is 12.4. The summed E-state index contributed by atoms with van der Waals surface area (Å²) < 4.78 is 38.1. The van der Waals surface area contributed by atoms with E-state index in [2.05, 4.69) is 0 Å². The number of rotatable bonds is 3. The molecule has 1 N–H and O–H groups in total. The Morgan fingerprint density at radius 3 is 2.41 bits per heavy atom. The fourth-order valence-corrected chi connectivity index (χ4v) is 1.25. The molecule has 0 saturated carbocycles. The van der Waals surface area contributed by atoms with Crippen molar-refractivity contribution in [2.45, 2.75) is 32.7 Å². The van der Waals surface area contributed by atoms with E-state index in [9.17, 15) is 23.1 Å². The normalized spacial score (nSPS) is 14.1. The summed E-state index contributed by atoms with van der Waals surface area (Å²) in [6.45, 7) is 3.31. The van der Waals surface area contributed by atoms with Gasteiger partial charge < -0.3 is 9.67 Å². The number of halogens is 3.